The van der Waals surface area contributed by atoms with E-state index in [9.17, 15) is 9.18 Å². The van der Waals surface area contributed by atoms with E-state index in [1.54, 1.807) is 17.4 Å². The van der Waals surface area contributed by atoms with Gasteiger partial charge in [-0.2, -0.15) is 0 Å². The molecule has 0 saturated carbocycles. The van der Waals surface area contributed by atoms with Crippen molar-refractivity contribution >= 4 is 22.9 Å². The number of nitrogens with zero attached hydrogens (tertiary/aromatic N) is 1. The Morgan fingerprint density at radius 1 is 1.50 bits per heavy atom. The molecule has 22 heavy (non-hydrogen) atoms. The molecule has 1 aliphatic rings. The topological polar surface area (TPSA) is 54.0 Å². The van der Waals surface area contributed by atoms with Crippen molar-refractivity contribution in [2.45, 2.75) is 32.7 Å². The molecule has 0 atom stereocenters. The maximum atomic E-state index is 14.5. The first-order valence-corrected chi connectivity index (χ1v) is 8.29. The molecule has 1 amide bonds. The first kappa shape index (κ1) is 15.1. The van der Waals surface area contributed by atoms with E-state index in [1.807, 2.05) is 18.4 Å². The second-order valence-corrected chi connectivity index (χ2v) is 6.25. The van der Waals surface area contributed by atoms with Crippen LogP contribution < -0.4 is 10.6 Å². The number of hydrogen-bond acceptors (Lipinski definition) is 4. The number of hydrogen-bond donors (Lipinski definition) is 2. The SMILES string of the molecule is CCc1nc(CC(=O)Nc2ccc3c(c2F)CCNC3)cs1. The van der Waals surface area contributed by atoms with Gasteiger partial charge in [0.2, 0.25) is 5.91 Å². The molecule has 0 radical (unpaired) electrons. The van der Waals surface area contributed by atoms with Crippen LogP contribution in [-0.2, 0) is 30.6 Å². The molecule has 1 aliphatic heterocycles. The number of carbonyl (C=O) groups is 1. The molecule has 0 saturated heterocycles. The van der Waals surface area contributed by atoms with Gasteiger partial charge in [-0.25, -0.2) is 9.37 Å². The minimum atomic E-state index is -0.306. The fourth-order valence-corrected chi connectivity index (χ4v) is 3.33. The highest BCUT2D eigenvalue weighted by Crippen LogP contribution is 2.24. The molecule has 0 bridgehead atoms. The Kier molecular flexibility index (Phi) is 4.49. The van der Waals surface area contributed by atoms with Crippen LogP contribution in [-0.4, -0.2) is 17.4 Å². The van der Waals surface area contributed by atoms with Crippen molar-refractivity contribution in [2.75, 3.05) is 11.9 Å². The second-order valence-electron chi connectivity index (χ2n) is 5.30. The molecule has 3 rings (SSSR count). The van der Waals surface area contributed by atoms with Crippen LogP contribution in [0.2, 0.25) is 0 Å². The maximum Gasteiger partial charge on any atom is 0.230 e. The minimum absolute atomic E-state index is 0.175. The summed E-state index contributed by atoms with van der Waals surface area (Å²) < 4.78 is 14.5. The first-order valence-electron chi connectivity index (χ1n) is 7.41. The normalized spacial score (nSPS) is 13.7. The Labute approximate surface area is 132 Å². The number of carbonyl (C=O) groups excluding carboxylic acids is 1. The lowest BCUT2D eigenvalue weighted by Gasteiger charge is -2.19. The third-order valence-corrected chi connectivity index (χ3v) is 4.77. The molecule has 0 unspecified atom stereocenters. The second kappa shape index (κ2) is 6.54. The van der Waals surface area contributed by atoms with Crippen molar-refractivity contribution in [3.8, 4) is 0 Å². The highest BCUT2D eigenvalue weighted by molar-refractivity contribution is 7.09. The third-order valence-electron chi connectivity index (χ3n) is 3.72. The average Bonchev–Trinajstić information content (AvgIpc) is 2.98. The lowest BCUT2D eigenvalue weighted by Crippen LogP contribution is -2.25. The van der Waals surface area contributed by atoms with Crippen molar-refractivity contribution in [1.29, 1.82) is 0 Å². The van der Waals surface area contributed by atoms with Crippen LogP contribution in [0.25, 0.3) is 0 Å². The predicted molar refractivity (Wildman–Crippen MR) is 85.6 cm³/mol. The number of anilines is 1. The van der Waals surface area contributed by atoms with Crippen LogP contribution >= 0.6 is 11.3 Å². The van der Waals surface area contributed by atoms with Gasteiger partial charge in [-0.15, -0.1) is 11.3 Å². The predicted octanol–water partition coefficient (Wildman–Crippen LogP) is 2.67. The number of amides is 1. The number of benzene rings is 1. The molecule has 116 valence electrons. The van der Waals surface area contributed by atoms with Crippen LogP contribution in [0.5, 0.6) is 0 Å². The molecule has 0 fully saturated rings. The zero-order valence-electron chi connectivity index (χ0n) is 12.4. The number of aromatic nitrogens is 1. The molecule has 0 aliphatic carbocycles. The Morgan fingerprint density at radius 2 is 2.36 bits per heavy atom. The monoisotopic (exact) mass is 319 g/mol. The summed E-state index contributed by atoms with van der Waals surface area (Å²) in [6.45, 7) is 3.47. The van der Waals surface area contributed by atoms with E-state index in [1.165, 1.54) is 0 Å². The molecular weight excluding hydrogens is 301 g/mol. The van der Waals surface area contributed by atoms with E-state index in [4.69, 9.17) is 0 Å². The molecule has 2 N–H and O–H groups in total. The van der Waals surface area contributed by atoms with Gasteiger partial charge in [0.25, 0.3) is 0 Å². The van der Waals surface area contributed by atoms with Gasteiger partial charge in [-0.3, -0.25) is 4.79 Å². The molecular formula is C16H18FN3OS. The van der Waals surface area contributed by atoms with Crippen LogP contribution in [0.15, 0.2) is 17.5 Å². The van der Waals surface area contributed by atoms with Gasteiger partial charge >= 0.3 is 0 Å². The molecule has 6 heteroatoms. The Balaban J connectivity index is 1.71. The van der Waals surface area contributed by atoms with Gasteiger partial charge in [0.15, 0.2) is 0 Å². The van der Waals surface area contributed by atoms with Crippen molar-refractivity contribution in [3.05, 3.63) is 45.2 Å². The van der Waals surface area contributed by atoms with E-state index in [0.29, 0.717) is 18.5 Å². The molecule has 1 aromatic heterocycles. The average molecular weight is 319 g/mol. The number of thiazole rings is 1. The van der Waals surface area contributed by atoms with Gasteiger partial charge in [0.1, 0.15) is 5.82 Å². The summed E-state index contributed by atoms with van der Waals surface area (Å²) in [7, 11) is 0. The van der Waals surface area contributed by atoms with E-state index in [0.717, 1.165) is 29.2 Å². The number of fused-ring (bicyclic) bond motifs is 1. The zero-order chi connectivity index (χ0) is 15.5. The van der Waals surface area contributed by atoms with Crippen LogP contribution in [0.3, 0.4) is 0 Å². The van der Waals surface area contributed by atoms with E-state index in [2.05, 4.69) is 15.6 Å². The number of aryl methyl sites for hydroxylation is 1. The summed E-state index contributed by atoms with van der Waals surface area (Å²) >= 11 is 1.55. The van der Waals surface area contributed by atoms with Crippen molar-refractivity contribution < 1.29 is 9.18 Å². The van der Waals surface area contributed by atoms with Gasteiger partial charge in [0, 0.05) is 11.9 Å². The molecule has 2 aromatic rings. The molecule has 0 spiro atoms. The lowest BCUT2D eigenvalue weighted by atomic mass is 9.99. The third kappa shape index (κ3) is 3.18. The maximum absolute atomic E-state index is 14.5. The van der Waals surface area contributed by atoms with Crippen LogP contribution in [0.1, 0.15) is 28.8 Å². The zero-order valence-corrected chi connectivity index (χ0v) is 13.2. The van der Waals surface area contributed by atoms with Gasteiger partial charge in [-0.05, 0) is 36.6 Å². The van der Waals surface area contributed by atoms with Gasteiger partial charge in [0.05, 0.1) is 22.8 Å². The molecule has 2 heterocycles. The number of rotatable bonds is 4. The Bertz CT molecular complexity index is 699. The minimum Gasteiger partial charge on any atom is -0.323 e. The van der Waals surface area contributed by atoms with Gasteiger partial charge in [-0.1, -0.05) is 13.0 Å². The lowest BCUT2D eigenvalue weighted by molar-refractivity contribution is -0.115. The summed E-state index contributed by atoms with van der Waals surface area (Å²) in [5.74, 6) is -0.541. The first-order chi connectivity index (χ1) is 10.7. The standard InChI is InChI=1S/C16H18FN3OS/c1-2-15-19-11(9-22-15)7-14(21)20-13-4-3-10-8-18-6-5-12(10)16(13)17/h3-4,9,18H,2,5-8H2,1H3,(H,20,21). The van der Waals surface area contributed by atoms with E-state index >= 15 is 0 Å². The van der Waals surface area contributed by atoms with Crippen LogP contribution in [0.4, 0.5) is 10.1 Å². The summed E-state index contributed by atoms with van der Waals surface area (Å²) in [5.41, 5.74) is 2.67. The fourth-order valence-electron chi connectivity index (χ4n) is 2.58. The van der Waals surface area contributed by atoms with Crippen molar-refractivity contribution in [3.63, 3.8) is 0 Å². The largest absolute Gasteiger partial charge is 0.323 e. The van der Waals surface area contributed by atoms with Gasteiger partial charge < -0.3 is 10.6 Å². The van der Waals surface area contributed by atoms with Crippen molar-refractivity contribution in [2.24, 2.45) is 0 Å². The summed E-state index contributed by atoms with van der Waals surface area (Å²) in [5, 5.41) is 8.77. The van der Waals surface area contributed by atoms with Crippen molar-refractivity contribution in [1.82, 2.24) is 10.3 Å². The Morgan fingerprint density at radius 3 is 3.14 bits per heavy atom. The summed E-state index contributed by atoms with van der Waals surface area (Å²) in [6, 6.07) is 3.51. The molecule has 4 nitrogen and oxygen atoms in total. The number of halogens is 1. The summed E-state index contributed by atoms with van der Waals surface area (Å²) in [6.07, 6.45) is 1.69. The fraction of sp³-hybridized carbons (Fsp3) is 0.375. The van der Waals surface area contributed by atoms with E-state index in [-0.39, 0.29) is 23.8 Å². The van der Waals surface area contributed by atoms with E-state index < -0.39 is 0 Å². The highest BCUT2D eigenvalue weighted by atomic mass is 32.1. The Hall–Kier alpha value is -1.79. The smallest absolute Gasteiger partial charge is 0.230 e. The summed E-state index contributed by atoms with van der Waals surface area (Å²) in [4.78, 5) is 16.4. The highest BCUT2D eigenvalue weighted by Gasteiger charge is 2.17. The number of nitrogens with one attached hydrogen (secondary N) is 2. The molecule has 1 aromatic carbocycles. The van der Waals surface area contributed by atoms with Crippen LogP contribution in [0, 0.1) is 5.82 Å². The quantitative estimate of drug-likeness (QED) is 0.911.